The van der Waals surface area contributed by atoms with E-state index < -0.39 is 17.3 Å². The minimum atomic E-state index is -0.536. The fourth-order valence-electron chi connectivity index (χ4n) is 2.98. The molecule has 0 spiro atoms. The molecule has 3 aromatic carbocycles. The second-order valence-corrected chi connectivity index (χ2v) is 6.80. The van der Waals surface area contributed by atoms with Crippen LogP contribution in [0, 0.1) is 12.7 Å². The topological polar surface area (TPSA) is 73.2 Å². The van der Waals surface area contributed by atoms with Gasteiger partial charge < -0.3 is 10.1 Å². The Labute approximate surface area is 171 Å². The van der Waals surface area contributed by atoms with Gasteiger partial charge >= 0.3 is 0 Å². The number of halogens is 1. The van der Waals surface area contributed by atoms with Crippen LogP contribution in [0.5, 0.6) is 11.5 Å². The molecule has 1 amide bonds. The summed E-state index contributed by atoms with van der Waals surface area (Å²) in [5.41, 5.74) is 1.46. The number of anilines is 1. The van der Waals surface area contributed by atoms with Crippen molar-refractivity contribution in [2.45, 2.75) is 13.5 Å². The molecule has 6 nitrogen and oxygen atoms in total. The number of fused-ring (bicyclic) bond motifs is 1. The summed E-state index contributed by atoms with van der Waals surface area (Å²) in [6, 6.07) is 18.3. The van der Waals surface area contributed by atoms with Crippen LogP contribution in [-0.4, -0.2) is 15.5 Å². The smallest absolute Gasteiger partial charge is 0.261 e. The molecule has 0 fully saturated rings. The third-order valence-corrected chi connectivity index (χ3v) is 4.51. The molecule has 0 saturated heterocycles. The number of carbonyl (C=O) groups is 1. The van der Waals surface area contributed by atoms with E-state index in [2.05, 4.69) is 10.3 Å². The molecular formula is C23H18FN3O3. The fraction of sp³-hybridized carbons (Fsp3) is 0.0870. The number of nitrogens with one attached hydrogen (secondary N) is 1. The summed E-state index contributed by atoms with van der Waals surface area (Å²) in [4.78, 5) is 29.2. The second kappa shape index (κ2) is 8.16. The van der Waals surface area contributed by atoms with Crippen LogP contribution in [0.15, 0.2) is 77.9 Å². The maximum Gasteiger partial charge on any atom is 0.261 e. The lowest BCUT2D eigenvalue weighted by Gasteiger charge is -2.13. The molecule has 0 aliphatic heterocycles. The number of benzene rings is 3. The Hall–Kier alpha value is -4.00. The quantitative estimate of drug-likeness (QED) is 0.540. The standard InChI is InChI=1S/C23H18FN3O3/c1-15-6-9-17(10-7-15)30-21-5-3-2-4-20(21)26-22(28)13-27-14-25-19-11-8-16(24)12-18(19)23(27)29/h2-12,14H,13H2,1H3,(H,26,28). The third kappa shape index (κ3) is 4.20. The summed E-state index contributed by atoms with van der Waals surface area (Å²) in [5.74, 6) is 0.139. The molecule has 30 heavy (non-hydrogen) atoms. The number of nitrogens with zero attached hydrogens (tertiary/aromatic N) is 2. The van der Waals surface area contributed by atoms with Gasteiger partial charge in [-0.2, -0.15) is 0 Å². The Balaban J connectivity index is 1.54. The van der Waals surface area contributed by atoms with E-state index in [0.29, 0.717) is 22.7 Å². The van der Waals surface area contributed by atoms with Gasteiger partial charge in [0.15, 0.2) is 5.75 Å². The number of hydrogen-bond donors (Lipinski definition) is 1. The van der Waals surface area contributed by atoms with Crippen LogP contribution in [0.1, 0.15) is 5.56 Å². The van der Waals surface area contributed by atoms with Gasteiger partial charge in [0.25, 0.3) is 5.56 Å². The minimum absolute atomic E-state index is 0.119. The number of rotatable bonds is 5. The van der Waals surface area contributed by atoms with E-state index in [-0.39, 0.29) is 11.9 Å². The predicted octanol–water partition coefficient (Wildman–Crippen LogP) is 4.28. The van der Waals surface area contributed by atoms with Crippen LogP contribution in [0.3, 0.4) is 0 Å². The van der Waals surface area contributed by atoms with E-state index in [1.54, 1.807) is 24.3 Å². The summed E-state index contributed by atoms with van der Waals surface area (Å²) >= 11 is 0. The van der Waals surface area contributed by atoms with Gasteiger partial charge in [-0.25, -0.2) is 9.37 Å². The molecule has 0 bridgehead atoms. The van der Waals surface area contributed by atoms with Crippen LogP contribution in [0.2, 0.25) is 0 Å². The van der Waals surface area contributed by atoms with Gasteiger partial charge in [-0.3, -0.25) is 14.2 Å². The van der Waals surface area contributed by atoms with Crippen molar-refractivity contribution in [3.05, 3.63) is 94.8 Å². The van der Waals surface area contributed by atoms with E-state index in [1.807, 2.05) is 31.2 Å². The number of ether oxygens (including phenoxy) is 1. The third-order valence-electron chi connectivity index (χ3n) is 4.51. The molecule has 0 unspecified atom stereocenters. The minimum Gasteiger partial charge on any atom is -0.455 e. The molecule has 1 heterocycles. The van der Waals surface area contributed by atoms with Gasteiger partial charge in [0.2, 0.25) is 5.91 Å². The van der Waals surface area contributed by atoms with Crippen molar-refractivity contribution in [2.24, 2.45) is 0 Å². The van der Waals surface area contributed by atoms with Crippen molar-refractivity contribution in [1.82, 2.24) is 9.55 Å². The molecule has 0 aliphatic rings. The first-order chi connectivity index (χ1) is 14.5. The second-order valence-electron chi connectivity index (χ2n) is 6.80. The zero-order valence-corrected chi connectivity index (χ0v) is 16.1. The Bertz CT molecular complexity index is 1280. The highest BCUT2D eigenvalue weighted by atomic mass is 19.1. The average molecular weight is 403 g/mol. The van der Waals surface area contributed by atoms with Gasteiger partial charge in [-0.15, -0.1) is 0 Å². The summed E-state index contributed by atoms with van der Waals surface area (Å²) in [6.45, 7) is 1.72. The lowest BCUT2D eigenvalue weighted by atomic mass is 10.2. The summed E-state index contributed by atoms with van der Waals surface area (Å²) in [5, 5.41) is 2.87. The van der Waals surface area contributed by atoms with Crippen molar-refractivity contribution >= 4 is 22.5 Å². The average Bonchev–Trinajstić information content (AvgIpc) is 2.73. The maximum atomic E-state index is 13.5. The van der Waals surface area contributed by atoms with Crippen molar-refractivity contribution in [3.63, 3.8) is 0 Å². The van der Waals surface area contributed by atoms with Gasteiger partial charge in [0.05, 0.1) is 22.9 Å². The number of aromatic nitrogens is 2. The molecule has 7 heteroatoms. The molecule has 150 valence electrons. The molecule has 4 rings (SSSR count). The first-order valence-corrected chi connectivity index (χ1v) is 9.28. The lowest BCUT2D eigenvalue weighted by molar-refractivity contribution is -0.116. The van der Waals surface area contributed by atoms with Gasteiger partial charge in [0, 0.05) is 0 Å². The van der Waals surface area contributed by atoms with E-state index in [0.717, 1.165) is 16.2 Å². The van der Waals surface area contributed by atoms with Crippen molar-refractivity contribution in [1.29, 1.82) is 0 Å². The van der Waals surface area contributed by atoms with Crippen LogP contribution >= 0.6 is 0 Å². The molecular weight excluding hydrogens is 385 g/mol. The Morgan fingerprint density at radius 3 is 2.67 bits per heavy atom. The Morgan fingerprint density at radius 2 is 1.87 bits per heavy atom. The van der Waals surface area contributed by atoms with E-state index in [9.17, 15) is 14.0 Å². The summed E-state index contributed by atoms with van der Waals surface area (Å²) in [7, 11) is 0. The number of carbonyl (C=O) groups excluding carboxylic acids is 1. The highest BCUT2D eigenvalue weighted by molar-refractivity contribution is 5.92. The SMILES string of the molecule is Cc1ccc(Oc2ccccc2NC(=O)Cn2cnc3ccc(F)cc3c2=O)cc1. The van der Waals surface area contributed by atoms with Crippen LogP contribution in [0.25, 0.3) is 10.9 Å². The number of aryl methyl sites for hydroxylation is 1. The largest absolute Gasteiger partial charge is 0.455 e. The van der Waals surface area contributed by atoms with Gasteiger partial charge in [-0.05, 0) is 49.4 Å². The molecule has 0 aliphatic carbocycles. The fourth-order valence-corrected chi connectivity index (χ4v) is 2.98. The molecule has 1 aromatic heterocycles. The van der Waals surface area contributed by atoms with Crippen LogP contribution < -0.4 is 15.6 Å². The predicted molar refractivity (Wildman–Crippen MR) is 112 cm³/mol. The first kappa shape index (κ1) is 19.3. The monoisotopic (exact) mass is 403 g/mol. The number of para-hydroxylation sites is 2. The van der Waals surface area contributed by atoms with Crippen LogP contribution in [0.4, 0.5) is 10.1 Å². The molecule has 1 N–H and O–H groups in total. The zero-order chi connectivity index (χ0) is 21.1. The van der Waals surface area contributed by atoms with Crippen molar-refractivity contribution in [2.75, 3.05) is 5.32 Å². The number of amides is 1. The Morgan fingerprint density at radius 1 is 1.10 bits per heavy atom. The van der Waals surface area contributed by atoms with Gasteiger partial charge in [-0.1, -0.05) is 29.8 Å². The zero-order valence-electron chi connectivity index (χ0n) is 16.1. The molecule has 0 radical (unpaired) electrons. The normalized spacial score (nSPS) is 10.7. The summed E-state index contributed by atoms with van der Waals surface area (Å²) in [6.07, 6.45) is 1.27. The Kier molecular flexibility index (Phi) is 5.26. The number of hydrogen-bond acceptors (Lipinski definition) is 4. The first-order valence-electron chi connectivity index (χ1n) is 9.28. The molecule has 0 atom stereocenters. The lowest BCUT2D eigenvalue weighted by Crippen LogP contribution is -2.28. The van der Waals surface area contributed by atoms with Crippen LogP contribution in [-0.2, 0) is 11.3 Å². The highest BCUT2D eigenvalue weighted by Gasteiger charge is 2.12. The van der Waals surface area contributed by atoms with E-state index in [1.165, 1.54) is 18.5 Å². The van der Waals surface area contributed by atoms with E-state index in [4.69, 9.17) is 4.74 Å². The molecule has 0 saturated carbocycles. The van der Waals surface area contributed by atoms with Crippen molar-refractivity contribution in [3.8, 4) is 11.5 Å². The summed E-state index contributed by atoms with van der Waals surface area (Å²) < 4.78 is 20.5. The molecule has 4 aromatic rings. The maximum absolute atomic E-state index is 13.5. The van der Waals surface area contributed by atoms with E-state index >= 15 is 0 Å². The van der Waals surface area contributed by atoms with Crippen molar-refractivity contribution < 1.29 is 13.9 Å². The highest BCUT2D eigenvalue weighted by Crippen LogP contribution is 2.29. The van der Waals surface area contributed by atoms with Gasteiger partial charge in [0.1, 0.15) is 18.1 Å².